The smallest absolute Gasteiger partial charge is 0.336 e. The molecule has 3 N–H and O–H groups in total. The summed E-state index contributed by atoms with van der Waals surface area (Å²) in [5, 5.41) is 25.4. The van der Waals surface area contributed by atoms with Gasteiger partial charge in [0.2, 0.25) is 0 Å². The number of carboxylic acid groups (broad SMARTS) is 1. The molecule has 0 aliphatic carbocycles. The van der Waals surface area contributed by atoms with Crippen molar-refractivity contribution in [1.82, 2.24) is 10.3 Å². The second-order valence-corrected chi connectivity index (χ2v) is 8.39. The number of carbonyl (C=O) groups is 2. The summed E-state index contributed by atoms with van der Waals surface area (Å²) in [6.45, 7) is 3.50. The third kappa shape index (κ3) is 5.29. The lowest BCUT2D eigenvalue weighted by Crippen LogP contribution is -2.52. The Balaban J connectivity index is 1.48. The van der Waals surface area contributed by atoms with E-state index >= 15 is 0 Å². The van der Waals surface area contributed by atoms with Crippen LogP contribution < -0.4 is 20.8 Å². The van der Waals surface area contributed by atoms with Crippen molar-refractivity contribution in [3.63, 3.8) is 0 Å². The van der Waals surface area contributed by atoms with Crippen molar-refractivity contribution in [3.8, 4) is 11.5 Å². The molecule has 0 aliphatic rings. The molecule has 182 valence electrons. The maximum absolute atomic E-state index is 12.7. The number of aliphatic carboxylic acids is 1. The molecule has 0 saturated heterocycles. The summed E-state index contributed by atoms with van der Waals surface area (Å²) in [5.74, 6) is -1.75. The van der Waals surface area contributed by atoms with Gasteiger partial charge in [-0.15, -0.1) is 0 Å². The third-order valence-corrected chi connectivity index (χ3v) is 5.78. The molecule has 0 aliphatic heterocycles. The molecule has 9 heteroatoms. The molecule has 0 unspecified atom stereocenters. The van der Waals surface area contributed by atoms with Crippen LogP contribution in [0, 0.1) is 0 Å². The van der Waals surface area contributed by atoms with Crippen molar-refractivity contribution in [1.29, 1.82) is 0 Å². The van der Waals surface area contributed by atoms with E-state index in [9.17, 15) is 24.6 Å². The molecule has 4 rings (SSSR count). The lowest BCUT2D eigenvalue weighted by atomic mass is 10.0. The molecular weight excluding hydrogens is 452 g/mol. The number of aromatic amines is 1. The number of aromatic nitrogens is 1. The molecule has 0 radical (unpaired) electrons. The van der Waals surface area contributed by atoms with Crippen LogP contribution in [0.3, 0.4) is 0 Å². The van der Waals surface area contributed by atoms with Crippen LogP contribution in [-0.2, 0) is 22.4 Å². The third-order valence-electron chi connectivity index (χ3n) is 5.78. The maximum Gasteiger partial charge on any atom is 0.336 e. The summed E-state index contributed by atoms with van der Waals surface area (Å²) in [4.78, 5) is 39.4. The van der Waals surface area contributed by atoms with E-state index < -0.39 is 29.6 Å². The summed E-state index contributed by atoms with van der Waals surface area (Å²) >= 11 is 0. The minimum atomic E-state index is -1.45. The molecule has 4 aromatic rings. The molecule has 2 atom stereocenters. The van der Waals surface area contributed by atoms with E-state index in [2.05, 4.69) is 10.3 Å². The fourth-order valence-electron chi connectivity index (χ4n) is 4.05. The van der Waals surface area contributed by atoms with E-state index in [1.165, 1.54) is 31.2 Å². The van der Waals surface area contributed by atoms with Crippen LogP contribution >= 0.6 is 0 Å². The molecule has 2 aromatic heterocycles. The number of aryl methyl sites for hydroxylation is 1. The highest BCUT2D eigenvalue weighted by atomic mass is 16.5. The van der Waals surface area contributed by atoms with Gasteiger partial charge in [-0.3, -0.25) is 4.79 Å². The fraction of sp³-hybridized carbons (Fsp3) is 0.269. The van der Waals surface area contributed by atoms with Gasteiger partial charge < -0.3 is 34.5 Å². The van der Waals surface area contributed by atoms with Crippen molar-refractivity contribution >= 4 is 33.7 Å². The van der Waals surface area contributed by atoms with E-state index in [1.54, 1.807) is 24.4 Å². The predicted octanol–water partition coefficient (Wildman–Crippen LogP) is 2.18. The number of ether oxygens (including phenoxy) is 1. The van der Waals surface area contributed by atoms with Crippen molar-refractivity contribution in [2.75, 3.05) is 0 Å². The summed E-state index contributed by atoms with van der Waals surface area (Å²) < 4.78 is 11.0. The highest BCUT2D eigenvalue weighted by molar-refractivity contribution is 5.88. The van der Waals surface area contributed by atoms with Gasteiger partial charge >= 0.3 is 5.63 Å². The number of benzene rings is 2. The van der Waals surface area contributed by atoms with Crippen LogP contribution in [0.25, 0.3) is 21.9 Å². The number of rotatable bonds is 9. The fourth-order valence-corrected chi connectivity index (χ4v) is 4.05. The minimum Gasteiger partial charge on any atom is -0.548 e. The maximum atomic E-state index is 12.7. The Labute approximate surface area is 200 Å². The standard InChI is InChI=1S/C26H26N2O7/c1-3-4-15-10-24(30)35-23-12-18(6-7-19(15)23)34-14(2)25(31)28-22(26(32)33)9-16-13-27-21-8-5-17(29)11-20(16)21/h5-8,10-14,22,27,29H,3-4,9H2,1-2H3,(H,28,31)(H,32,33)/p-1/t14-,22+/m1/s1. The summed E-state index contributed by atoms with van der Waals surface area (Å²) in [5.41, 5.74) is 2.08. The number of carbonyl (C=O) groups excluding carboxylic acids is 2. The number of H-pyrrole nitrogens is 1. The summed E-state index contributed by atoms with van der Waals surface area (Å²) in [7, 11) is 0. The molecule has 0 fully saturated rings. The topological polar surface area (TPSA) is 145 Å². The quantitative estimate of drug-likeness (QED) is 0.313. The number of aromatic hydroxyl groups is 1. The van der Waals surface area contributed by atoms with Gasteiger partial charge in [-0.25, -0.2) is 4.79 Å². The Kier molecular flexibility index (Phi) is 6.77. The molecule has 0 saturated carbocycles. The van der Waals surface area contributed by atoms with Crippen molar-refractivity contribution in [2.45, 2.75) is 45.3 Å². The average Bonchev–Trinajstić information content (AvgIpc) is 3.20. The van der Waals surface area contributed by atoms with E-state index in [4.69, 9.17) is 9.15 Å². The molecule has 1 amide bonds. The van der Waals surface area contributed by atoms with Gasteiger partial charge in [0.15, 0.2) is 6.10 Å². The van der Waals surface area contributed by atoms with Gasteiger partial charge in [0.1, 0.15) is 17.1 Å². The Morgan fingerprint density at radius 1 is 1.14 bits per heavy atom. The first-order valence-corrected chi connectivity index (χ1v) is 11.3. The number of phenolic OH excluding ortho intramolecular Hbond substituents is 1. The lowest BCUT2D eigenvalue weighted by molar-refractivity contribution is -0.308. The molecule has 2 aromatic carbocycles. The van der Waals surface area contributed by atoms with Gasteiger partial charge in [-0.2, -0.15) is 0 Å². The van der Waals surface area contributed by atoms with E-state index in [0.717, 1.165) is 29.3 Å². The van der Waals surface area contributed by atoms with Crippen LogP contribution in [0.5, 0.6) is 11.5 Å². The van der Waals surface area contributed by atoms with Gasteiger partial charge in [0.25, 0.3) is 5.91 Å². The monoisotopic (exact) mass is 477 g/mol. The van der Waals surface area contributed by atoms with Crippen LogP contribution in [0.4, 0.5) is 0 Å². The van der Waals surface area contributed by atoms with E-state index in [1.807, 2.05) is 6.92 Å². The largest absolute Gasteiger partial charge is 0.548 e. The number of amides is 1. The Morgan fingerprint density at radius 3 is 2.69 bits per heavy atom. The van der Waals surface area contributed by atoms with E-state index in [0.29, 0.717) is 22.3 Å². The second kappa shape index (κ2) is 9.92. The highest BCUT2D eigenvalue weighted by Crippen LogP contribution is 2.25. The zero-order valence-corrected chi connectivity index (χ0v) is 19.3. The van der Waals surface area contributed by atoms with Crippen LogP contribution in [0.1, 0.15) is 31.4 Å². The Bertz CT molecular complexity index is 1450. The molecular formula is C26H25N2O7-. The van der Waals surface area contributed by atoms with Crippen LogP contribution in [-0.4, -0.2) is 34.1 Å². The number of carboxylic acids is 1. The first-order valence-electron chi connectivity index (χ1n) is 11.3. The minimum absolute atomic E-state index is 0.0439. The van der Waals surface area contributed by atoms with Crippen molar-refractivity contribution in [2.24, 2.45) is 0 Å². The zero-order chi connectivity index (χ0) is 25.1. The summed E-state index contributed by atoms with van der Waals surface area (Å²) in [6.07, 6.45) is 2.13. The lowest BCUT2D eigenvalue weighted by Gasteiger charge is -2.22. The molecule has 0 spiro atoms. The molecule has 0 bridgehead atoms. The van der Waals surface area contributed by atoms with Gasteiger partial charge in [-0.1, -0.05) is 13.3 Å². The van der Waals surface area contributed by atoms with Crippen molar-refractivity contribution in [3.05, 3.63) is 70.2 Å². The van der Waals surface area contributed by atoms with Gasteiger partial charge in [-0.05, 0) is 54.8 Å². The Hall–Kier alpha value is -4.27. The summed E-state index contributed by atoms with van der Waals surface area (Å²) in [6, 6.07) is 9.83. The van der Waals surface area contributed by atoms with E-state index in [-0.39, 0.29) is 12.2 Å². The molecule has 35 heavy (non-hydrogen) atoms. The Morgan fingerprint density at radius 2 is 1.94 bits per heavy atom. The second-order valence-electron chi connectivity index (χ2n) is 8.39. The first kappa shape index (κ1) is 23.9. The highest BCUT2D eigenvalue weighted by Gasteiger charge is 2.22. The average molecular weight is 477 g/mol. The molecule has 2 heterocycles. The number of phenols is 1. The van der Waals surface area contributed by atoms with Gasteiger partial charge in [0.05, 0.1) is 12.0 Å². The SMILES string of the molecule is CCCc1cc(=O)oc2cc(O[C@H](C)C(=O)N[C@@H](Cc3c[nH]c4ccc(O)cc34)C(=O)[O-])ccc12. The van der Waals surface area contributed by atoms with Crippen LogP contribution in [0.15, 0.2) is 57.9 Å². The normalized spacial score (nSPS) is 13.0. The first-order chi connectivity index (χ1) is 16.7. The van der Waals surface area contributed by atoms with Crippen LogP contribution in [0.2, 0.25) is 0 Å². The zero-order valence-electron chi connectivity index (χ0n) is 19.3. The number of hydrogen-bond acceptors (Lipinski definition) is 7. The molecule has 9 nitrogen and oxygen atoms in total. The number of nitrogens with one attached hydrogen (secondary N) is 2. The number of hydrogen-bond donors (Lipinski definition) is 3. The van der Waals surface area contributed by atoms with Crippen molar-refractivity contribution < 1.29 is 29.0 Å². The number of fused-ring (bicyclic) bond motifs is 2. The predicted molar refractivity (Wildman–Crippen MR) is 127 cm³/mol. The van der Waals surface area contributed by atoms with Gasteiger partial charge in [0, 0.05) is 41.0 Å².